The first-order valence-electron chi connectivity index (χ1n) is 13.7. The molecule has 2 aromatic heterocycles. The molecule has 0 unspecified atom stereocenters. The molecule has 2 heterocycles. The minimum atomic E-state index is -3.95. The van der Waals surface area contributed by atoms with Gasteiger partial charge in [-0.25, -0.2) is 17.5 Å². The van der Waals surface area contributed by atoms with E-state index in [1.807, 2.05) is 60.7 Å². The first-order chi connectivity index (χ1) is 22.1. The van der Waals surface area contributed by atoms with E-state index in [4.69, 9.17) is 4.74 Å². The molecule has 4 aromatic rings. The lowest BCUT2D eigenvalue weighted by Gasteiger charge is -2.25. The minimum absolute atomic E-state index is 0.0847. The number of thioether (sulfide) groups is 2. The fraction of sp³-hybridized carbons (Fsp3) is 0.300. The number of benzene rings is 2. The van der Waals surface area contributed by atoms with Gasteiger partial charge < -0.3 is 9.84 Å². The molecule has 0 radical (unpaired) electrons. The number of aliphatic hydroxyl groups excluding tert-OH is 1. The van der Waals surface area contributed by atoms with E-state index < -0.39 is 31.6 Å². The number of hydrogen-bond donors (Lipinski definition) is 1. The third-order valence-electron chi connectivity index (χ3n) is 5.86. The van der Waals surface area contributed by atoms with Crippen molar-refractivity contribution in [2.75, 3.05) is 6.26 Å². The van der Waals surface area contributed by atoms with Crippen molar-refractivity contribution in [1.29, 1.82) is 0 Å². The van der Waals surface area contributed by atoms with Crippen LogP contribution >= 0.6 is 46.2 Å². The monoisotopic (exact) mass is 739 g/mol. The number of nitrogens with zero attached hydrogens (tertiary/aromatic N) is 3. The molecule has 17 heteroatoms. The fourth-order valence-electron chi connectivity index (χ4n) is 3.77. The fourth-order valence-corrected chi connectivity index (χ4v) is 8.80. The molecule has 47 heavy (non-hydrogen) atoms. The third kappa shape index (κ3) is 11.6. The zero-order valence-corrected chi connectivity index (χ0v) is 29.9. The second-order valence-electron chi connectivity index (χ2n) is 10.8. The zero-order chi connectivity index (χ0) is 34.8. The van der Waals surface area contributed by atoms with E-state index in [-0.39, 0.29) is 23.2 Å². The lowest BCUT2D eigenvalue weighted by Crippen LogP contribution is -2.39. The highest BCUT2D eigenvalue weighted by Crippen LogP contribution is 2.41. The Hall–Kier alpha value is -3.48. The molecular formula is C30H33N3O9S5. The van der Waals surface area contributed by atoms with Gasteiger partial charge in [0.1, 0.15) is 15.4 Å². The Kier molecular flexibility index (Phi) is 13.8. The molecule has 0 aliphatic rings. The maximum Gasteiger partial charge on any atom is 0.424 e. The summed E-state index contributed by atoms with van der Waals surface area (Å²) in [5.74, 6) is 1.13. The van der Waals surface area contributed by atoms with Gasteiger partial charge in [-0.15, -0.1) is 23.5 Å². The Morgan fingerprint density at radius 1 is 0.851 bits per heavy atom. The lowest BCUT2D eigenvalue weighted by atomic mass is 10.2. The number of thiophene rings is 2. The third-order valence-corrected chi connectivity index (χ3v) is 11.6. The Bertz CT molecular complexity index is 1770. The van der Waals surface area contributed by atoms with Crippen LogP contribution in [0.4, 0.5) is 14.8 Å². The van der Waals surface area contributed by atoms with Gasteiger partial charge in [-0.1, -0.05) is 83.3 Å². The molecule has 12 nitrogen and oxygen atoms in total. The van der Waals surface area contributed by atoms with E-state index in [1.54, 1.807) is 26.2 Å². The van der Waals surface area contributed by atoms with Gasteiger partial charge in [-0.05, 0) is 31.9 Å². The van der Waals surface area contributed by atoms with E-state index >= 15 is 0 Å². The zero-order valence-electron chi connectivity index (χ0n) is 25.9. The summed E-state index contributed by atoms with van der Waals surface area (Å²) in [7, 11) is -3.95. The lowest BCUT2D eigenvalue weighted by molar-refractivity contribution is -0.383. The van der Waals surface area contributed by atoms with Gasteiger partial charge in [0.25, 0.3) is 0 Å². The number of hydrogen-bond acceptors (Lipinski definition) is 13. The Morgan fingerprint density at radius 3 is 1.66 bits per heavy atom. The summed E-state index contributed by atoms with van der Waals surface area (Å²) in [6, 6.07) is 19.2. The summed E-state index contributed by atoms with van der Waals surface area (Å²) >= 11 is 4.60. The van der Waals surface area contributed by atoms with Crippen LogP contribution in [0.3, 0.4) is 0 Å². The molecule has 0 bridgehead atoms. The molecule has 0 saturated heterocycles. The maximum atomic E-state index is 12.4. The molecule has 1 amide bonds. The average molecular weight is 740 g/mol. The number of aliphatic hydroxyl groups is 1. The van der Waals surface area contributed by atoms with Crippen molar-refractivity contribution in [2.24, 2.45) is 0 Å². The van der Waals surface area contributed by atoms with Gasteiger partial charge in [-0.2, -0.15) is 0 Å². The van der Waals surface area contributed by atoms with Gasteiger partial charge >= 0.3 is 16.1 Å². The molecular weight excluding hydrogens is 707 g/mol. The molecule has 0 spiro atoms. The first-order valence-corrected chi connectivity index (χ1v) is 19.3. The molecule has 252 valence electrons. The molecule has 0 atom stereocenters. The summed E-state index contributed by atoms with van der Waals surface area (Å²) in [5.41, 5.74) is 2.21. The quantitative estimate of drug-likeness (QED) is 0.0846. The molecule has 0 aliphatic heterocycles. The predicted molar refractivity (Wildman–Crippen MR) is 186 cm³/mol. The second-order valence-corrected chi connectivity index (χ2v) is 16.4. The standard InChI is InChI=1S/C18H22N2O6S3.C12H11NO3S2/c1-18(2,3)26-17(21)19(29(4,24)25)10-14-12-28-16(20(22)23)15(14)27-11-13-8-6-5-7-9-13;14-6-10-8-18-12(13(15)16)11(10)17-7-9-4-2-1-3-5-9/h5-9,12H,10-11H2,1-4H3;1-5,8,14H,6-7H2. The molecule has 2 aromatic carbocycles. The van der Waals surface area contributed by atoms with E-state index in [0.717, 1.165) is 40.1 Å². The van der Waals surface area contributed by atoms with Crippen LogP contribution in [0.5, 0.6) is 0 Å². The summed E-state index contributed by atoms with van der Waals surface area (Å²) in [6.45, 7) is 4.38. The number of rotatable bonds is 12. The topological polar surface area (TPSA) is 170 Å². The number of ether oxygens (including phenoxy) is 1. The number of carbonyl (C=O) groups is 1. The van der Waals surface area contributed by atoms with Crippen molar-refractivity contribution in [3.05, 3.63) is 114 Å². The van der Waals surface area contributed by atoms with Crippen molar-refractivity contribution in [2.45, 2.75) is 60.8 Å². The van der Waals surface area contributed by atoms with Crippen LogP contribution in [-0.4, -0.2) is 45.6 Å². The van der Waals surface area contributed by atoms with Crippen molar-refractivity contribution in [1.82, 2.24) is 4.31 Å². The summed E-state index contributed by atoms with van der Waals surface area (Å²) in [5, 5.41) is 34.7. The predicted octanol–water partition coefficient (Wildman–Crippen LogP) is 8.09. The van der Waals surface area contributed by atoms with Crippen LogP contribution < -0.4 is 0 Å². The summed E-state index contributed by atoms with van der Waals surface area (Å²) in [4.78, 5) is 34.8. The van der Waals surface area contributed by atoms with Crippen molar-refractivity contribution < 1.29 is 32.9 Å². The van der Waals surface area contributed by atoms with Gasteiger partial charge in [-0.3, -0.25) is 20.2 Å². The Labute approximate surface area is 289 Å². The molecule has 4 rings (SSSR count). The molecule has 0 fully saturated rings. The van der Waals surface area contributed by atoms with E-state index in [1.165, 1.54) is 28.9 Å². The van der Waals surface area contributed by atoms with E-state index in [0.29, 0.717) is 36.7 Å². The first kappa shape index (κ1) is 38.0. The van der Waals surface area contributed by atoms with Gasteiger partial charge in [0, 0.05) is 33.4 Å². The van der Waals surface area contributed by atoms with Crippen LogP contribution in [0, 0.1) is 20.2 Å². The van der Waals surface area contributed by atoms with Gasteiger partial charge in [0.2, 0.25) is 10.0 Å². The highest BCUT2D eigenvalue weighted by molar-refractivity contribution is 7.99. The average Bonchev–Trinajstić information content (AvgIpc) is 3.61. The van der Waals surface area contributed by atoms with Crippen LogP contribution in [0.1, 0.15) is 43.0 Å². The van der Waals surface area contributed by atoms with Crippen molar-refractivity contribution in [3.63, 3.8) is 0 Å². The summed E-state index contributed by atoms with van der Waals surface area (Å²) in [6.07, 6.45) is -0.123. The van der Waals surface area contributed by atoms with Crippen molar-refractivity contribution in [3.8, 4) is 0 Å². The number of amides is 1. The maximum absolute atomic E-state index is 12.4. The Balaban J connectivity index is 0.000000284. The van der Waals surface area contributed by atoms with Crippen LogP contribution in [-0.2, 0) is 39.4 Å². The number of carbonyl (C=O) groups excluding carboxylic acids is 1. The summed E-state index contributed by atoms with van der Waals surface area (Å²) < 4.78 is 30.2. The normalized spacial score (nSPS) is 11.3. The van der Waals surface area contributed by atoms with Gasteiger partial charge in [0.15, 0.2) is 0 Å². The van der Waals surface area contributed by atoms with Crippen molar-refractivity contribution >= 4 is 72.3 Å². The van der Waals surface area contributed by atoms with E-state index in [2.05, 4.69) is 0 Å². The number of nitro groups is 2. The highest BCUT2D eigenvalue weighted by atomic mass is 32.2. The Morgan fingerprint density at radius 2 is 1.28 bits per heavy atom. The smallest absolute Gasteiger partial charge is 0.424 e. The number of sulfonamides is 1. The van der Waals surface area contributed by atoms with Gasteiger partial charge in [0.05, 0.1) is 29.3 Å². The molecule has 0 aliphatic carbocycles. The van der Waals surface area contributed by atoms with Crippen LogP contribution in [0.15, 0.2) is 81.2 Å². The minimum Gasteiger partial charge on any atom is -0.443 e. The largest absolute Gasteiger partial charge is 0.443 e. The second kappa shape index (κ2) is 17.1. The van der Waals surface area contributed by atoms with Crippen LogP contribution in [0.2, 0.25) is 0 Å². The molecule has 0 saturated carbocycles. The van der Waals surface area contributed by atoms with Crippen LogP contribution in [0.25, 0.3) is 0 Å². The van der Waals surface area contributed by atoms with E-state index in [9.17, 15) is 38.5 Å². The molecule has 1 N–H and O–H groups in total. The SMILES string of the molecule is CC(C)(C)OC(=O)N(Cc1csc([N+](=O)[O-])c1SCc1ccccc1)S(C)(=O)=O.O=[N+]([O-])c1scc(CO)c1SCc1ccccc1. The highest BCUT2D eigenvalue weighted by Gasteiger charge is 2.32.